The van der Waals surface area contributed by atoms with Crippen LogP contribution >= 0.6 is 23.1 Å². The summed E-state index contributed by atoms with van der Waals surface area (Å²) in [7, 11) is -2.48. The number of carbonyl (C=O) groups is 2. The molecule has 0 aliphatic rings. The Bertz CT molecular complexity index is 1090. The van der Waals surface area contributed by atoms with Gasteiger partial charge in [0, 0.05) is 29.8 Å². The second-order valence-electron chi connectivity index (χ2n) is 7.21. The summed E-state index contributed by atoms with van der Waals surface area (Å²) in [6.45, 7) is 4.27. The molecule has 0 bridgehead atoms. The fraction of sp³-hybridized carbons (Fsp3) is 0.450. The third-order valence-corrected chi connectivity index (χ3v) is 8.41. The van der Waals surface area contributed by atoms with Gasteiger partial charge in [-0.2, -0.15) is 0 Å². The number of pyridine rings is 1. The number of nitrogens with zero attached hydrogens (tertiary/aromatic N) is 1. The van der Waals surface area contributed by atoms with Crippen LogP contribution in [0.5, 0.6) is 0 Å². The lowest BCUT2D eigenvalue weighted by Gasteiger charge is -2.12. The standard InChI is InChI=1S/C20H28N4O6S3/c1-12(19(25)26)5-7-21-16-10-14(31-4)11-17(22-16)23-20(27)24-33(28,29)18-9-13(2)15(32-18)6-8-30-3/h9-12H,5-8H2,1-4H3,(H,25,26)(H3,21,22,23,24,27). The highest BCUT2D eigenvalue weighted by Crippen LogP contribution is 2.27. The zero-order valence-electron chi connectivity index (χ0n) is 18.8. The van der Waals surface area contributed by atoms with Crippen LogP contribution in [0.15, 0.2) is 27.3 Å². The van der Waals surface area contributed by atoms with Crippen LogP contribution in [0, 0.1) is 12.8 Å². The number of aryl methyl sites for hydroxylation is 1. The second kappa shape index (κ2) is 12.2. The second-order valence-corrected chi connectivity index (χ2v) is 11.1. The molecule has 182 valence electrons. The number of anilines is 2. The van der Waals surface area contributed by atoms with Crippen molar-refractivity contribution < 1.29 is 27.9 Å². The van der Waals surface area contributed by atoms with Gasteiger partial charge < -0.3 is 15.2 Å². The Kier molecular flexibility index (Phi) is 9.95. The van der Waals surface area contributed by atoms with Crippen LogP contribution in [-0.2, 0) is 26.0 Å². The molecular formula is C20H28N4O6S3. The predicted octanol–water partition coefficient (Wildman–Crippen LogP) is 3.40. The number of nitrogens with one attached hydrogen (secondary N) is 3. The molecule has 0 spiro atoms. The molecular weight excluding hydrogens is 488 g/mol. The highest BCUT2D eigenvalue weighted by molar-refractivity contribution is 7.98. The molecule has 2 aromatic heterocycles. The Morgan fingerprint density at radius 3 is 2.61 bits per heavy atom. The molecule has 0 fully saturated rings. The molecule has 13 heteroatoms. The first-order chi connectivity index (χ1) is 15.6. The predicted molar refractivity (Wildman–Crippen MR) is 130 cm³/mol. The fourth-order valence-corrected chi connectivity index (χ4v) is 5.63. The molecule has 0 aliphatic heterocycles. The molecule has 0 saturated carbocycles. The monoisotopic (exact) mass is 516 g/mol. The molecule has 0 saturated heterocycles. The van der Waals surface area contributed by atoms with E-state index >= 15 is 0 Å². The quantitative estimate of drug-likeness (QED) is 0.312. The Labute approximate surface area is 201 Å². The van der Waals surface area contributed by atoms with Crippen LogP contribution in [0.3, 0.4) is 0 Å². The summed E-state index contributed by atoms with van der Waals surface area (Å²) in [6.07, 6.45) is 2.83. The average Bonchev–Trinajstić information content (AvgIpc) is 3.12. The van der Waals surface area contributed by atoms with Gasteiger partial charge in [0.1, 0.15) is 15.8 Å². The fourth-order valence-electron chi connectivity index (χ4n) is 2.70. The van der Waals surface area contributed by atoms with Crippen LogP contribution in [0.1, 0.15) is 23.8 Å². The maximum absolute atomic E-state index is 12.6. The van der Waals surface area contributed by atoms with Crippen LogP contribution < -0.4 is 15.4 Å². The number of carboxylic acid groups (broad SMARTS) is 1. The molecule has 2 heterocycles. The van der Waals surface area contributed by atoms with Crippen molar-refractivity contribution in [3.05, 3.63) is 28.6 Å². The molecule has 2 rings (SSSR count). The third kappa shape index (κ3) is 8.18. The summed E-state index contributed by atoms with van der Waals surface area (Å²) in [6, 6.07) is 3.96. The van der Waals surface area contributed by atoms with Gasteiger partial charge in [0.15, 0.2) is 0 Å². The zero-order valence-corrected chi connectivity index (χ0v) is 21.2. The Balaban J connectivity index is 2.07. The van der Waals surface area contributed by atoms with Crippen molar-refractivity contribution in [2.75, 3.05) is 37.2 Å². The molecule has 4 N–H and O–H groups in total. The maximum atomic E-state index is 12.6. The lowest BCUT2D eigenvalue weighted by Crippen LogP contribution is -2.34. The Morgan fingerprint density at radius 1 is 1.27 bits per heavy atom. The molecule has 2 amide bonds. The van der Waals surface area contributed by atoms with Gasteiger partial charge in [0.25, 0.3) is 10.0 Å². The van der Waals surface area contributed by atoms with Gasteiger partial charge in [-0.25, -0.2) is 22.9 Å². The highest BCUT2D eigenvalue weighted by Gasteiger charge is 2.22. The van der Waals surface area contributed by atoms with E-state index in [2.05, 4.69) is 15.6 Å². The minimum Gasteiger partial charge on any atom is -0.481 e. The smallest absolute Gasteiger partial charge is 0.334 e. The average molecular weight is 517 g/mol. The van der Waals surface area contributed by atoms with Gasteiger partial charge in [0.05, 0.1) is 12.5 Å². The zero-order chi connectivity index (χ0) is 24.6. The lowest BCUT2D eigenvalue weighted by molar-refractivity contribution is -0.141. The molecule has 10 nitrogen and oxygen atoms in total. The summed E-state index contributed by atoms with van der Waals surface area (Å²) in [5.74, 6) is -0.791. The molecule has 0 aromatic carbocycles. The Morgan fingerprint density at radius 2 is 1.97 bits per heavy atom. The van der Waals surface area contributed by atoms with Crippen molar-refractivity contribution in [1.29, 1.82) is 0 Å². The number of thiophene rings is 1. The summed E-state index contributed by atoms with van der Waals surface area (Å²) in [5.41, 5.74) is 0.820. The van der Waals surface area contributed by atoms with Crippen LogP contribution in [0.25, 0.3) is 0 Å². The van der Waals surface area contributed by atoms with Gasteiger partial charge in [-0.05, 0) is 43.4 Å². The minimum absolute atomic E-state index is 0.0435. The summed E-state index contributed by atoms with van der Waals surface area (Å²) in [4.78, 5) is 29.3. The lowest BCUT2D eigenvalue weighted by atomic mass is 10.1. The van der Waals surface area contributed by atoms with Crippen molar-refractivity contribution in [2.45, 2.75) is 35.8 Å². The first kappa shape index (κ1) is 26.9. The van der Waals surface area contributed by atoms with E-state index in [9.17, 15) is 18.0 Å². The molecule has 2 aromatic rings. The van der Waals surface area contributed by atoms with Gasteiger partial charge >= 0.3 is 12.0 Å². The van der Waals surface area contributed by atoms with E-state index in [1.807, 2.05) is 17.9 Å². The number of ether oxygens (including phenoxy) is 1. The SMILES string of the molecule is COCCc1sc(S(=O)(=O)NC(=O)Nc2cc(SC)cc(NCCC(C)C(=O)O)n2)cc1C. The van der Waals surface area contributed by atoms with E-state index < -0.39 is 27.9 Å². The number of hydrogen-bond donors (Lipinski definition) is 4. The van der Waals surface area contributed by atoms with E-state index in [0.717, 1.165) is 26.7 Å². The number of amides is 2. The van der Waals surface area contributed by atoms with E-state index in [1.165, 1.54) is 17.8 Å². The number of aliphatic carboxylic acids is 1. The number of rotatable bonds is 12. The van der Waals surface area contributed by atoms with Gasteiger partial charge in [-0.15, -0.1) is 23.1 Å². The van der Waals surface area contributed by atoms with Crippen LogP contribution in [-0.4, -0.2) is 57.0 Å². The van der Waals surface area contributed by atoms with Crippen molar-refractivity contribution in [3.63, 3.8) is 0 Å². The molecule has 0 radical (unpaired) electrons. The highest BCUT2D eigenvalue weighted by atomic mass is 32.2. The largest absolute Gasteiger partial charge is 0.481 e. The minimum atomic E-state index is -4.05. The molecule has 0 aliphatic carbocycles. The number of hydrogen-bond acceptors (Lipinski definition) is 9. The first-order valence-electron chi connectivity index (χ1n) is 10.0. The number of methoxy groups -OCH3 is 1. The van der Waals surface area contributed by atoms with E-state index in [1.54, 1.807) is 26.2 Å². The first-order valence-corrected chi connectivity index (χ1v) is 13.5. The number of thioether (sulfide) groups is 1. The number of carboxylic acids is 1. The van der Waals surface area contributed by atoms with Crippen molar-refractivity contribution >= 4 is 56.8 Å². The van der Waals surface area contributed by atoms with Crippen molar-refractivity contribution in [3.8, 4) is 0 Å². The van der Waals surface area contributed by atoms with Crippen LogP contribution in [0.4, 0.5) is 16.4 Å². The van der Waals surface area contributed by atoms with Crippen molar-refractivity contribution in [2.24, 2.45) is 5.92 Å². The molecule has 1 unspecified atom stereocenters. The molecule has 33 heavy (non-hydrogen) atoms. The topological polar surface area (TPSA) is 147 Å². The number of carbonyl (C=O) groups excluding carboxylic acids is 1. The maximum Gasteiger partial charge on any atom is 0.334 e. The normalized spacial score (nSPS) is 12.2. The van der Waals surface area contributed by atoms with E-state index in [0.29, 0.717) is 31.8 Å². The molecule has 1 atom stereocenters. The third-order valence-electron chi connectivity index (χ3n) is 4.60. The van der Waals surface area contributed by atoms with E-state index in [4.69, 9.17) is 9.84 Å². The van der Waals surface area contributed by atoms with Gasteiger partial charge in [0.2, 0.25) is 0 Å². The van der Waals surface area contributed by atoms with Gasteiger partial charge in [-0.1, -0.05) is 6.92 Å². The number of urea groups is 1. The summed E-state index contributed by atoms with van der Waals surface area (Å²) in [5, 5.41) is 14.5. The van der Waals surface area contributed by atoms with Gasteiger partial charge in [-0.3, -0.25) is 10.1 Å². The summed E-state index contributed by atoms with van der Waals surface area (Å²) >= 11 is 2.51. The number of sulfonamides is 1. The summed E-state index contributed by atoms with van der Waals surface area (Å²) < 4.78 is 32.4. The van der Waals surface area contributed by atoms with Crippen molar-refractivity contribution in [1.82, 2.24) is 9.71 Å². The van der Waals surface area contributed by atoms with Crippen LogP contribution in [0.2, 0.25) is 0 Å². The van der Waals surface area contributed by atoms with E-state index in [-0.39, 0.29) is 10.0 Å². The Hall–Kier alpha value is -2.35. The number of aromatic nitrogens is 1.